The van der Waals surface area contributed by atoms with Crippen LogP contribution >= 0.6 is 11.6 Å². The minimum Gasteiger partial charge on any atom is -0.404 e. The maximum Gasteiger partial charge on any atom is 0.481 e. The molecule has 2 bridgehead atoms. The van der Waals surface area contributed by atoms with Gasteiger partial charge in [-0.05, 0) is 82.6 Å². The summed E-state index contributed by atoms with van der Waals surface area (Å²) in [5.74, 6) is 0.340. The Bertz CT molecular complexity index is 1610. The van der Waals surface area contributed by atoms with Crippen molar-refractivity contribution in [1.82, 2.24) is 20.4 Å². The van der Waals surface area contributed by atoms with Gasteiger partial charge in [-0.1, -0.05) is 74.3 Å². The first kappa shape index (κ1) is 35.0. The fourth-order valence-corrected chi connectivity index (χ4v) is 8.79. The van der Waals surface area contributed by atoms with Crippen LogP contribution in [0, 0.1) is 37.0 Å². The third-order valence-electron chi connectivity index (χ3n) is 11.3. The quantitative estimate of drug-likeness (QED) is 0.281. The molecule has 6 atom stereocenters. The van der Waals surface area contributed by atoms with Crippen LogP contribution in [0.2, 0.25) is 5.02 Å². The molecule has 4 fully saturated rings. The predicted molar refractivity (Wildman–Crippen MR) is 187 cm³/mol. The molecule has 2 aromatic rings. The van der Waals surface area contributed by atoms with E-state index in [1.54, 1.807) is 11.6 Å². The van der Waals surface area contributed by atoms with Gasteiger partial charge in [-0.25, -0.2) is 0 Å². The third-order valence-corrected chi connectivity index (χ3v) is 11.8. The highest BCUT2D eigenvalue weighted by Gasteiger charge is 2.68. The Morgan fingerprint density at radius 3 is 2.56 bits per heavy atom. The molecule has 2 amide bonds. The molecule has 12 heteroatoms. The average molecular weight is 680 g/mol. The fraction of sp³-hybridized carbons (Fsp3) is 0.667. The summed E-state index contributed by atoms with van der Waals surface area (Å²) in [5, 5.41) is 15.4. The van der Waals surface area contributed by atoms with Crippen molar-refractivity contribution >= 4 is 36.2 Å². The molecule has 2 N–H and O–H groups in total. The number of aromatic nitrogens is 2. The lowest BCUT2D eigenvalue weighted by atomic mass is 9.43. The van der Waals surface area contributed by atoms with E-state index in [2.05, 4.69) is 61.6 Å². The summed E-state index contributed by atoms with van der Waals surface area (Å²) in [5.41, 5.74) is 2.03. The van der Waals surface area contributed by atoms with E-state index >= 15 is 0 Å². The molecule has 3 saturated carbocycles. The number of halogens is 1. The molecule has 48 heavy (non-hydrogen) atoms. The SMILES string of the molecule is Cc1cccc(CC2(C(=O)N[C@@H](CC(C)C)B3O[C@@H]4C[C@@H]5C[C@@H](C5(C)C)[C@]4(C)O3)CC(CNC(=O)c3c(Cl)c(C)nn3C(C)C)=NO2)c1. The molecule has 1 aromatic carbocycles. The smallest absolute Gasteiger partial charge is 0.404 e. The molecule has 0 spiro atoms. The molecule has 3 heterocycles. The lowest BCUT2D eigenvalue weighted by molar-refractivity contribution is -0.199. The number of benzene rings is 1. The van der Waals surface area contributed by atoms with Crippen LogP contribution in [0.4, 0.5) is 0 Å². The molecule has 5 aliphatic rings. The Morgan fingerprint density at radius 2 is 1.90 bits per heavy atom. The van der Waals surface area contributed by atoms with E-state index in [1.165, 1.54) is 0 Å². The van der Waals surface area contributed by atoms with Crippen molar-refractivity contribution in [3.63, 3.8) is 0 Å². The molecule has 1 saturated heterocycles. The van der Waals surface area contributed by atoms with Crippen LogP contribution in [-0.2, 0) is 25.4 Å². The van der Waals surface area contributed by atoms with E-state index in [9.17, 15) is 9.59 Å². The molecule has 0 radical (unpaired) electrons. The monoisotopic (exact) mass is 679 g/mol. The minimum absolute atomic E-state index is 0.0117. The van der Waals surface area contributed by atoms with Crippen LogP contribution in [0.1, 0.15) is 108 Å². The van der Waals surface area contributed by atoms with Crippen molar-refractivity contribution in [3.05, 3.63) is 51.8 Å². The van der Waals surface area contributed by atoms with E-state index in [0.29, 0.717) is 46.8 Å². The topological polar surface area (TPSA) is 116 Å². The lowest BCUT2D eigenvalue weighted by Crippen LogP contribution is -2.65. The fourth-order valence-electron chi connectivity index (χ4n) is 8.58. The lowest BCUT2D eigenvalue weighted by Gasteiger charge is -2.64. The number of carbonyl (C=O) groups is 2. The largest absolute Gasteiger partial charge is 0.481 e. The van der Waals surface area contributed by atoms with E-state index < -0.39 is 12.7 Å². The van der Waals surface area contributed by atoms with Gasteiger partial charge < -0.3 is 24.8 Å². The summed E-state index contributed by atoms with van der Waals surface area (Å²) in [6, 6.07) is 8.01. The maximum atomic E-state index is 14.5. The van der Waals surface area contributed by atoms with Gasteiger partial charge in [0.2, 0.25) is 5.60 Å². The Kier molecular flexibility index (Phi) is 9.31. The first-order chi connectivity index (χ1) is 22.5. The van der Waals surface area contributed by atoms with E-state index in [0.717, 1.165) is 24.0 Å². The van der Waals surface area contributed by atoms with Gasteiger partial charge >= 0.3 is 7.12 Å². The third kappa shape index (κ3) is 6.19. The average Bonchev–Trinajstić information content (AvgIpc) is 3.68. The van der Waals surface area contributed by atoms with Crippen molar-refractivity contribution in [2.75, 3.05) is 6.54 Å². The van der Waals surface area contributed by atoms with Crippen LogP contribution in [0.25, 0.3) is 0 Å². The van der Waals surface area contributed by atoms with Gasteiger partial charge in [-0.15, -0.1) is 0 Å². The van der Waals surface area contributed by atoms with Crippen LogP contribution in [-0.4, -0.2) is 64.2 Å². The molecular formula is C36H51BClN5O5. The first-order valence-electron chi connectivity index (χ1n) is 17.5. The zero-order valence-corrected chi connectivity index (χ0v) is 30.6. The molecule has 260 valence electrons. The normalized spacial score (nSPS) is 29.3. The highest BCUT2D eigenvalue weighted by molar-refractivity contribution is 6.48. The minimum atomic E-state index is -1.31. The Labute approximate surface area is 290 Å². The number of oxime groups is 1. The van der Waals surface area contributed by atoms with Crippen LogP contribution in [0.3, 0.4) is 0 Å². The predicted octanol–water partition coefficient (Wildman–Crippen LogP) is 6.02. The van der Waals surface area contributed by atoms with E-state index in [1.807, 2.05) is 39.0 Å². The van der Waals surface area contributed by atoms with Gasteiger partial charge in [-0.3, -0.25) is 14.3 Å². The summed E-state index contributed by atoms with van der Waals surface area (Å²) < 4.78 is 15.1. The van der Waals surface area contributed by atoms with Gasteiger partial charge in [0.1, 0.15) is 5.69 Å². The maximum absolute atomic E-state index is 14.5. The summed E-state index contributed by atoms with van der Waals surface area (Å²) in [6.45, 7) is 19.0. The van der Waals surface area contributed by atoms with Crippen LogP contribution in [0.15, 0.2) is 29.4 Å². The second-order valence-corrected chi connectivity index (χ2v) is 16.5. The van der Waals surface area contributed by atoms with Crippen molar-refractivity contribution in [3.8, 4) is 0 Å². The Morgan fingerprint density at radius 1 is 1.15 bits per heavy atom. The van der Waals surface area contributed by atoms with Crippen molar-refractivity contribution < 1.29 is 23.7 Å². The molecule has 3 aliphatic carbocycles. The number of rotatable bonds is 11. The van der Waals surface area contributed by atoms with Gasteiger partial charge in [0.25, 0.3) is 11.8 Å². The highest BCUT2D eigenvalue weighted by Crippen LogP contribution is 2.65. The molecular weight excluding hydrogens is 629 g/mol. The summed E-state index contributed by atoms with van der Waals surface area (Å²) in [4.78, 5) is 33.9. The van der Waals surface area contributed by atoms with E-state index in [4.69, 9.17) is 25.7 Å². The second-order valence-electron chi connectivity index (χ2n) is 16.1. The van der Waals surface area contributed by atoms with Crippen LogP contribution < -0.4 is 10.6 Å². The number of hydrogen-bond donors (Lipinski definition) is 2. The number of nitrogens with one attached hydrogen (secondary N) is 2. The van der Waals surface area contributed by atoms with Gasteiger partial charge in [0.15, 0.2) is 0 Å². The molecule has 7 rings (SSSR count). The summed E-state index contributed by atoms with van der Waals surface area (Å²) >= 11 is 6.48. The van der Waals surface area contributed by atoms with E-state index in [-0.39, 0.29) is 59.8 Å². The summed E-state index contributed by atoms with van der Waals surface area (Å²) in [6.07, 6.45) is 3.36. The van der Waals surface area contributed by atoms with Crippen molar-refractivity contribution in [2.45, 2.75) is 124 Å². The van der Waals surface area contributed by atoms with Gasteiger partial charge in [0, 0.05) is 18.9 Å². The Hall–Kier alpha value is -2.89. The molecule has 1 aromatic heterocycles. The zero-order chi connectivity index (χ0) is 34.8. The molecule has 10 nitrogen and oxygen atoms in total. The molecule has 2 aliphatic heterocycles. The van der Waals surface area contributed by atoms with Gasteiger partial charge in [0.05, 0.1) is 40.6 Å². The number of carbonyl (C=O) groups excluding carboxylic acids is 2. The zero-order valence-electron chi connectivity index (χ0n) is 29.9. The first-order valence-corrected chi connectivity index (χ1v) is 17.9. The standard InChI is InChI=1S/C36H51BClN5O5/c1-20(2)13-29(37-46-28-16-25-15-27(34(25,7)8)35(28,9)47-37)40-33(45)36(17-24-12-10-11-22(5)14-24)18-26(42-48-36)19-39-32(44)31-30(38)23(6)41-43(31)21(3)4/h10-12,14,20-21,25,27-29H,13,15-19H2,1-9H3,(H,39,44)(H,40,45)/t25-,27-,28+,29-,35-,36?/m0/s1. The number of aryl methyl sites for hydroxylation is 2. The second kappa shape index (κ2) is 12.8. The summed E-state index contributed by atoms with van der Waals surface area (Å²) in [7, 11) is -0.558. The van der Waals surface area contributed by atoms with Crippen molar-refractivity contribution in [2.24, 2.45) is 28.3 Å². The highest BCUT2D eigenvalue weighted by atomic mass is 35.5. The molecule has 1 unspecified atom stereocenters. The van der Waals surface area contributed by atoms with Crippen molar-refractivity contribution in [1.29, 1.82) is 0 Å². The van der Waals surface area contributed by atoms with Crippen LogP contribution in [0.5, 0.6) is 0 Å². The number of amides is 2. The van der Waals surface area contributed by atoms with Gasteiger partial charge in [-0.2, -0.15) is 5.10 Å². The Balaban J connectivity index is 1.20. The number of hydrogen-bond acceptors (Lipinski definition) is 7. The number of nitrogens with zero attached hydrogens (tertiary/aromatic N) is 3.